The normalized spacial score (nSPS) is 15.4. The molecule has 148 valence electrons. The van der Waals surface area contributed by atoms with E-state index in [1.165, 1.54) is 0 Å². The number of ether oxygens (including phenoxy) is 1. The molecule has 0 aliphatic carbocycles. The van der Waals surface area contributed by atoms with Crippen LogP contribution in [0.4, 0.5) is 5.69 Å². The third kappa shape index (κ3) is 3.76. The highest BCUT2D eigenvalue weighted by atomic mass is 16.5. The van der Waals surface area contributed by atoms with Crippen LogP contribution in [0.1, 0.15) is 5.82 Å². The van der Waals surface area contributed by atoms with Crippen LogP contribution in [-0.4, -0.2) is 69.1 Å². The summed E-state index contributed by atoms with van der Waals surface area (Å²) in [5, 5.41) is 8.75. The fourth-order valence-corrected chi connectivity index (χ4v) is 3.51. The molecule has 3 aromatic rings. The molecule has 0 saturated carbocycles. The van der Waals surface area contributed by atoms with Gasteiger partial charge < -0.3 is 14.2 Å². The zero-order valence-corrected chi connectivity index (χ0v) is 16.3. The van der Waals surface area contributed by atoms with Crippen LogP contribution in [0.25, 0.3) is 10.9 Å². The van der Waals surface area contributed by atoms with Crippen molar-refractivity contribution in [2.75, 3.05) is 44.8 Å². The second-order valence-electron chi connectivity index (χ2n) is 7.06. The van der Waals surface area contributed by atoms with E-state index >= 15 is 0 Å². The predicted molar refractivity (Wildman–Crippen MR) is 106 cm³/mol. The molecule has 0 N–H and O–H groups in total. The Morgan fingerprint density at radius 3 is 2.68 bits per heavy atom. The average Bonchev–Trinajstić information content (AvgIpc) is 3.12. The van der Waals surface area contributed by atoms with Crippen LogP contribution in [0.3, 0.4) is 0 Å². The van der Waals surface area contributed by atoms with Gasteiger partial charge in [0.05, 0.1) is 36.9 Å². The van der Waals surface area contributed by atoms with Crippen molar-refractivity contribution in [3.63, 3.8) is 0 Å². The number of benzene rings is 1. The van der Waals surface area contributed by atoms with Crippen molar-refractivity contribution in [3.8, 4) is 0 Å². The third-order valence-electron chi connectivity index (χ3n) is 5.25. The molecule has 0 atom stereocenters. The van der Waals surface area contributed by atoms with Crippen LogP contribution < -0.4 is 10.5 Å². The van der Waals surface area contributed by atoms with Crippen molar-refractivity contribution in [3.05, 3.63) is 47.0 Å². The van der Waals surface area contributed by atoms with Gasteiger partial charge in [-0.25, -0.2) is 4.98 Å². The first-order valence-corrected chi connectivity index (χ1v) is 9.44. The first-order chi connectivity index (χ1) is 13.7. The number of aryl methyl sites for hydroxylation is 1. The minimum Gasteiger partial charge on any atom is -0.383 e. The maximum Gasteiger partial charge on any atom is 0.261 e. The molecular weight excluding hydrogens is 358 g/mol. The predicted octanol–water partition coefficient (Wildman–Crippen LogP) is 0.494. The molecule has 1 fully saturated rings. The molecule has 1 saturated heterocycles. The summed E-state index contributed by atoms with van der Waals surface area (Å²) < 4.78 is 8.61. The molecule has 4 rings (SSSR count). The van der Waals surface area contributed by atoms with E-state index in [1.54, 1.807) is 24.3 Å². The highest BCUT2D eigenvalue weighted by molar-refractivity contribution is 5.81. The lowest BCUT2D eigenvalue weighted by Gasteiger charge is -2.35. The van der Waals surface area contributed by atoms with Crippen molar-refractivity contribution in [2.45, 2.75) is 13.1 Å². The van der Waals surface area contributed by atoms with Gasteiger partial charge in [-0.05, 0) is 18.2 Å². The minimum atomic E-state index is -0.0258. The molecule has 1 aliphatic rings. The van der Waals surface area contributed by atoms with Gasteiger partial charge in [0, 0.05) is 46.0 Å². The quantitative estimate of drug-likeness (QED) is 0.613. The third-order valence-corrected chi connectivity index (χ3v) is 5.25. The van der Waals surface area contributed by atoms with E-state index in [1.807, 2.05) is 29.8 Å². The Bertz CT molecular complexity index is 1000. The molecule has 0 bridgehead atoms. The minimum absolute atomic E-state index is 0.0258. The molecule has 3 heterocycles. The Kier molecular flexibility index (Phi) is 5.36. The Hall–Kier alpha value is -2.78. The molecule has 28 heavy (non-hydrogen) atoms. The van der Waals surface area contributed by atoms with Crippen molar-refractivity contribution < 1.29 is 4.74 Å². The van der Waals surface area contributed by atoms with E-state index < -0.39 is 0 Å². The van der Waals surface area contributed by atoms with Crippen molar-refractivity contribution >= 4 is 16.6 Å². The first-order valence-electron chi connectivity index (χ1n) is 9.44. The number of piperazine rings is 1. The summed E-state index contributed by atoms with van der Waals surface area (Å²) in [5.41, 5.74) is 1.81. The number of aromatic nitrogens is 5. The molecule has 0 radical (unpaired) electrons. The summed E-state index contributed by atoms with van der Waals surface area (Å²) in [7, 11) is 3.59. The van der Waals surface area contributed by atoms with E-state index in [0.29, 0.717) is 18.5 Å². The van der Waals surface area contributed by atoms with Gasteiger partial charge in [-0.3, -0.25) is 14.3 Å². The van der Waals surface area contributed by atoms with Gasteiger partial charge in [-0.1, -0.05) is 0 Å². The molecule has 1 aromatic carbocycles. The first kappa shape index (κ1) is 18.6. The fraction of sp³-hybridized carbons (Fsp3) is 0.474. The highest BCUT2D eigenvalue weighted by Crippen LogP contribution is 2.20. The Balaban J connectivity index is 1.45. The van der Waals surface area contributed by atoms with Crippen molar-refractivity contribution in [1.82, 2.24) is 29.2 Å². The van der Waals surface area contributed by atoms with Crippen LogP contribution in [0.15, 0.2) is 35.6 Å². The SMILES string of the molecule is COCCn1cnc2cc(N3CCN(Cc4nncn4C)CC3)ccc2c1=O. The van der Waals surface area contributed by atoms with Gasteiger partial charge in [0.2, 0.25) is 0 Å². The van der Waals surface area contributed by atoms with Crippen LogP contribution in [0, 0.1) is 0 Å². The topological polar surface area (TPSA) is 81.3 Å². The van der Waals surface area contributed by atoms with Crippen LogP contribution in [-0.2, 0) is 24.9 Å². The zero-order valence-electron chi connectivity index (χ0n) is 16.3. The van der Waals surface area contributed by atoms with E-state index in [9.17, 15) is 4.79 Å². The van der Waals surface area contributed by atoms with Gasteiger partial charge >= 0.3 is 0 Å². The number of fused-ring (bicyclic) bond motifs is 1. The van der Waals surface area contributed by atoms with E-state index in [-0.39, 0.29) is 5.56 Å². The lowest BCUT2D eigenvalue weighted by atomic mass is 10.2. The van der Waals surface area contributed by atoms with Gasteiger partial charge in [0.1, 0.15) is 12.2 Å². The summed E-state index contributed by atoms with van der Waals surface area (Å²) in [6.07, 6.45) is 3.34. The number of anilines is 1. The molecule has 1 aliphatic heterocycles. The maximum atomic E-state index is 12.6. The highest BCUT2D eigenvalue weighted by Gasteiger charge is 2.19. The lowest BCUT2D eigenvalue weighted by molar-refractivity contribution is 0.186. The van der Waals surface area contributed by atoms with E-state index in [2.05, 4.69) is 25.0 Å². The van der Waals surface area contributed by atoms with Gasteiger partial charge in [-0.15, -0.1) is 10.2 Å². The maximum absolute atomic E-state index is 12.6. The van der Waals surface area contributed by atoms with Gasteiger partial charge in [0.25, 0.3) is 5.56 Å². The Morgan fingerprint density at radius 1 is 1.14 bits per heavy atom. The van der Waals surface area contributed by atoms with Crippen LogP contribution >= 0.6 is 0 Å². The molecule has 0 spiro atoms. The Labute approximate surface area is 163 Å². The van der Waals surface area contributed by atoms with Gasteiger partial charge in [0.15, 0.2) is 0 Å². The van der Waals surface area contributed by atoms with Crippen molar-refractivity contribution in [1.29, 1.82) is 0 Å². The second-order valence-corrected chi connectivity index (χ2v) is 7.06. The van der Waals surface area contributed by atoms with Crippen molar-refractivity contribution in [2.24, 2.45) is 7.05 Å². The largest absolute Gasteiger partial charge is 0.383 e. The lowest BCUT2D eigenvalue weighted by Crippen LogP contribution is -2.46. The molecule has 2 aromatic heterocycles. The monoisotopic (exact) mass is 383 g/mol. The molecule has 9 nitrogen and oxygen atoms in total. The van der Waals surface area contributed by atoms with E-state index in [4.69, 9.17) is 4.74 Å². The zero-order chi connectivity index (χ0) is 19.5. The molecular formula is C19H25N7O2. The molecule has 0 unspecified atom stereocenters. The summed E-state index contributed by atoms with van der Waals surface area (Å²) in [6.45, 7) is 5.57. The molecule has 9 heteroatoms. The van der Waals surface area contributed by atoms with Crippen LogP contribution in [0.2, 0.25) is 0 Å². The smallest absolute Gasteiger partial charge is 0.261 e. The number of rotatable bonds is 6. The Morgan fingerprint density at radius 2 is 1.96 bits per heavy atom. The number of hydrogen-bond acceptors (Lipinski definition) is 7. The fourth-order valence-electron chi connectivity index (χ4n) is 3.51. The summed E-state index contributed by atoms with van der Waals surface area (Å²) >= 11 is 0. The van der Waals surface area contributed by atoms with E-state index in [0.717, 1.165) is 49.8 Å². The number of methoxy groups -OCH3 is 1. The number of nitrogens with zero attached hydrogens (tertiary/aromatic N) is 7. The molecule has 0 amide bonds. The second kappa shape index (κ2) is 8.07. The average molecular weight is 383 g/mol. The summed E-state index contributed by atoms with van der Waals surface area (Å²) in [5.74, 6) is 0.980. The summed E-state index contributed by atoms with van der Waals surface area (Å²) in [4.78, 5) is 21.8. The van der Waals surface area contributed by atoms with Crippen LogP contribution in [0.5, 0.6) is 0 Å². The van der Waals surface area contributed by atoms with Gasteiger partial charge in [-0.2, -0.15) is 0 Å². The number of hydrogen-bond donors (Lipinski definition) is 0. The summed E-state index contributed by atoms with van der Waals surface area (Å²) in [6, 6.07) is 5.91. The standard InChI is InChI=1S/C19H25N7O2/c1-23-14-21-22-18(23)12-24-5-7-25(8-6-24)15-3-4-16-17(11-15)20-13-26(19(16)27)9-10-28-2/h3-4,11,13-14H,5-10,12H2,1-2H3.